The van der Waals surface area contributed by atoms with Crippen molar-refractivity contribution >= 4 is 22.7 Å². The number of carbonyl (C=O) groups excluding carboxylic acids is 2. The highest BCUT2D eigenvalue weighted by molar-refractivity contribution is 6.01. The molecule has 2 heterocycles. The number of H-pyrrole nitrogens is 1. The number of pyridine rings is 2. The number of fused-ring (bicyclic) bond motifs is 1. The van der Waals surface area contributed by atoms with Gasteiger partial charge in [0, 0.05) is 30.9 Å². The summed E-state index contributed by atoms with van der Waals surface area (Å²) in [4.78, 5) is 40.3. The summed E-state index contributed by atoms with van der Waals surface area (Å²) in [5, 5.41) is 15.5. The van der Waals surface area contributed by atoms with Gasteiger partial charge in [0.2, 0.25) is 0 Å². The van der Waals surface area contributed by atoms with Crippen molar-refractivity contribution in [1.82, 2.24) is 20.6 Å². The van der Waals surface area contributed by atoms with Crippen molar-refractivity contribution in [2.24, 2.45) is 5.73 Å². The number of aromatic amines is 1. The average Bonchev–Trinajstić information content (AvgIpc) is 2.47. The molecule has 0 aliphatic carbocycles. The Labute approximate surface area is 124 Å². The number of amides is 3. The number of carbonyl (C=O) groups is 2. The number of nitrogens with two attached hydrogens (primary N) is 1. The van der Waals surface area contributed by atoms with Crippen LogP contribution < -0.4 is 21.9 Å². The highest BCUT2D eigenvalue weighted by Gasteiger charge is 2.16. The zero-order valence-electron chi connectivity index (χ0n) is 11.5. The number of aromatic nitrogens is 2. The van der Waals surface area contributed by atoms with E-state index in [1.54, 1.807) is 0 Å². The fourth-order valence-electron chi connectivity index (χ4n) is 1.89. The SMILES string of the molecule is NC(=O)NCCCNC(=O)c1ncc2c(=O)[nH]ccc2c1O. The summed E-state index contributed by atoms with van der Waals surface area (Å²) in [7, 11) is 0. The lowest BCUT2D eigenvalue weighted by molar-refractivity contribution is 0.0946. The second kappa shape index (κ2) is 6.57. The van der Waals surface area contributed by atoms with E-state index in [9.17, 15) is 19.5 Å². The van der Waals surface area contributed by atoms with Crippen LogP contribution in [-0.4, -0.2) is 40.1 Å². The number of urea groups is 1. The predicted molar refractivity (Wildman–Crippen MR) is 78.6 cm³/mol. The minimum absolute atomic E-state index is 0.166. The van der Waals surface area contributed by atoms with Crippen LogP contribution >= 0.6 is 0 Å². The van der Waals surface area contributed by atoms with Crippen molar-refractivity contribution in [1.29, 1.82) is 0 Å². The molecule has 0 fully saturated rings. The van der Waals surface area contributed by atoms with E-state index in [2.05, 4.69) is 20.6 Å². The zero-order valence-corrected chi connectivity index (χ0v) is 11.5. The third-order valence-electron chi connectivity index (χ3n) is 2.95. The maximum atomic E-state index is 12.0. The lowest BCUT2D eigenvalue weighted by Gasteiger charge is -2.08. The summed E-state index contributed by atoms with van der Waals surface area (Å²) in [6, 6.07) is 0.854. The van der Waals surface area contributed by atoms with E-state index < -0.39 is 17.5 Å². The Kier molecular flexibility index (Phi) is 4.57. The highest BCUT2D eigenvalue weighted by Crippen LogP contribution is 2.24. The molecule has 0 atom stereocenters. The normalized spacial score (nSPS) is 10.4. The first-order valence-corrected chi connectivity index (χ1v) is 6.51. The van der Waals surface area contributed by atoms with Crippen molar-refractivity contribution in [2.45, 2.75) is 6.42 Å². The van der Waals surface area contributed by atoms with Crippen LogP contribution in [0.4, 0.5) is 4.79 Å². The third kappa shape index (κ3) is 3.32. The molecule has 116 valence electrons. The monoisotopic (exact) mass is 305 g/mol. The van der Waals surface area contributed by atoms with Crippen molar-refractivity contribution in [3.8, 4) is 5.75 Å². The van der Waals surface area contributed by atoms with Gasteiger partial charge < -0.3 is 26.5 Å². The van der Waals surface area contributed by atoms with Crippen LogP contribution in [0, 0.1) is 0 Å². The highest BCUT2D eigenvalue weighted by atomic mass is 16.3. The van der Waals surface area contributed by atoms with Crippen LogP contribution in [0.15, 0.2) is 23.3 Å². The molecule has 2 aromatic heterocycles. The van der Waals surface area contributed by atoms with Crippen LogP contribution in [0.25, 0.3) is 10.8 Å². The molecule has 2 aromatic rings. The second-order valence-corrected chi connectivity index (χ2v) is 4.49. The van der Waals surface area contributed by atoms with Crippen molar-refractivity contribution < 1.29 is 14.7 Å². The number of rotatable bonds is 5. The van der Waals surface area contributed by atoms with Crippen LogP contribution in [0.2, 0.25) is 0 Å². The van der Waals surface area contributed by atoms with E-state index >= 15 is 0 Å². The molecule has 0 bridgehead atoms. The Morgan fingerprint density at radius 3 is 2.73 bits per heavy atom. The molecule has 6 N–H and O–H groups in total. The molecule has 3 amide bonds. The van der Waals surface area contributed by atoms with Gasteiger partial charge in [-0.1, -0.05) is 0 Å². The van der Waals surface area contributed by atoms with Gasteiger partial charge in [0.25, 0.3) is 11.5 Å². The minimum atomic E-state index is -0.634. The van der Waals surface area contributed by atoms with E-state index in [-0.39, 0.29) is 28.8 Å². The van der Waals surface area contributed by atoms with Gasteiger partial charge in [-0.05, 0) is 12.5 Å². The number of primary amides is 1. The molecule has 0 aliphatic heterocycles. The van der Waals surface area contributed by atoms with Crippen molar-refractivity contribution in [3.05, 3.63) is 34.5 Å². The Morgan fingerprint density at radius 1 is 1.27 bits per heavy atom. The lowest BCUT2D eigenvalue weighted by atomic mass is 10.1. The first-order valence-electron chi connectivity index (χ1n) is 6.51. The van der Waals surface area contributed by atoms with Crippen molar-refractivity contribution in [3.63, 3.8) is 0 Å². The molecule has 0 radical (unpaired) electrons. The number of hydrogen-bond donors (Lipinski definition) is 5. The maximum Gasteiger partial charge on any atom is 0.312 e. The Balaban J connectivity index is 2.07. The van der Waals surface area contributed by atoms with Crippen LogP contribution in [0.5, 0.6) is 5.75 Å². The molecule has 0 spiro atoms. The van der Waals surface area contributed by atoms with Gasteiger partial charge in [-0.2, -0.15) is 0 Å². The molecular formula is C13H15N5O4. The first-order chi connectivity index (χ1) is 10.5. The smallest absolute Gasteiger partial charge is 0.312 e. The predicted octanol–water partition coefficient (Wildman–Crippen LogP) is -0.583. The molecule has 22 heavy (non-hydrogen) atoms. The summed E-state index contributed by atoms with van der Waals surface area (Å²) < 4.78 is 0. The van der Waals surface area contributed by atoms with Gasteiger partial charge in [-0.25, -0.2) is 9.78 Å². The van der Waals surface area contributed by atoms with Crippen molar-refractivity contribution in [2.75, 3.05) is 13.1 Å². The molecular weight excluding hydrogens is 290 g/mol. The second-order valence-electron chi connectivity index (χ2n) is 4.49. The first kappa shape index (κ1) is 15.3. The van der Waals surface area contributed by atoms with E-state index in [4.69, 9.17) is 5.73 Å². The van der Waals surface area contributed by atoms with Gasteiger partial charge in [-0.3, -0.25) is 9.59 Å². The largest absolute Gasteiger partial charge is 0.505 e. The van der Waals surface area contributed by atoms with Crippen LogP contribution in [0.3, 0.4) is 0 Å². The Bertz CT molecular complexity index is 771. The Morgan fingerprint density at radius 2 is 2.00 bits per heavy atom. The van der Waals surface area contributed by atoms with E-state index in [0.29, 0.717) is 13.0 Å². The number of nitrogens with one attached hydrogen (secondary N) is 3. The molecule has 9 nitrogen and oxygen atoms in total. The molecule has 2 rings (SSSR count). The molecule has 0 aliphatic rings. The summed E-state index contributed by atoms with van der Waals surface area (Å²) in [6.45, 7) is 0.593. The molecule has 0 saturated heterocycles. The lowest BCUT2D eigenvalue weighted by Crippen LogP contribution is -2.33. The topological polar surface area (TPSA) is 150 Å². The third-order valence-corrected chi connectivity index (χ3v) is 2.95. The fraction of sp³-hybridized carbons (Fsp3) is 0.231. The Hall–Kier alpha value is -3.10. The van der Waals surface area contributed by atoms with E-state index in [1.807, 2.05) is 0 Å². The number of nitrogens with zero attached hydrogens (tertiary/aromatic N) is 1. The maximum absolute atomic E-state index is 12.0. The zero-order chi connectivity index (χ0) is 16.1. The minimum Gasteiger partial charge on any atom is -0.505 e. The standard InChI is InChI=1S/C13H15N5O4/c14-13(22)17-4-1-3-15-12(21)9-10(19)7-2-5-16-11(20)8(7)6-18-9/h2,5-6,19H,1,3-4H2,(H,15,21)(H,16,20)(H3,14,17,22). The number of aromatic hydroxyl groups is 1. The quantitative estimate of drug-likeness (QED) is 0.468. The number of hydrogen-bond acceptors (Lipinski definition) is 5. The van der Waals surface area contributed by atoms with Crippen LogP contribution in [-0.2, 0) is 0 Å². The molecule has 0 unspecified atom stereocenters. The van der Waals surface area contributed by atoms with Crippen LogP contribution in [0.1, 0.15) is 16.9 Å². The van der Waals surface area contributed by atoms with Gasteiger partial charge in [0.15, 0.2) is 11.4 Å². The van der Waals surface area contributed by atoms with E-state index in [0.717, 1.165) is 0 Å². The van der Waals surface area contributed by atoms with Gasteiger partial charge in [0.1, 0.15) is 0 Å². The summed E-state index contributed by atoms with van der Waals surface area (Å²) in [5.74, 6) is -0.921. The fourth-order valence-corrected chi connectivity index (χ4v) is 1.89. The summed E-state index contributed by atoms with van der Waals surface area (Å²) >= 11 is 0. The average molecular weight is 305 g/mol. The van der Waals surface area contributed by atoms with Gasteiger partial charge >= 0.3 is 6.03 Å². The van der Waals surface area contributed by atoms with Gasteiger partial charge in [-0.15, -0.1) is 0 Å². The van der Waals surface area contributed by atoms with Gasteiger partial charge in [0.05, 0.1) is 5.39 Å². The van der Waals surface area contributed by atoms with E-state index in [1.165, 1.54) is 18.5 Å². The summed E-state index contributed by atoms with van der Waals surface area (Å²) in [6.07, 6.45) is 3.09. The molecule has 0 saturated carbocycles. The summed E-state index contributed by atoms with van der Waals surface area (Å²) in [5.41, 5.74) is 4.34. The molecule has 0 aromatic carbocycles. The molecule has 9 heteroatoms.